The van der Waals surface area contributed by atoms with Crippen molar-refractivity contribution in [2.45, 2.75) is 32.6 Å². The third-order valence-electron chi connectivity index (χ3n) is 2.48. The monoisotopic (exact) mass is 303 g/mol. The number of benzene rings is 1. The summed E-state index contributed by atoms with van der Waals surface area (Å²) in [6.45, 7) is 4.45. The van der Waals surface area contributed by atoms with E-state index in [1.807, 2.05) is 6.07 Å². The van der Waals surface area contributed by atoms with E-state index in [0.29, 0.717) is 0 Å². The fourth-order valence-electron chi connectivity index (χ4n) is 1.58. The average molecular weight is 305 g/mol. The molecule has 1 N–H and O–H groups in total. The maximum atomic E-state index is 5.94. The average Bonchev–Trinajstić information content (AvgIpc) is 2.28. The van der Waals surface area contributed by atoms with Crippen molar-refractivity contribution < 1.29 is 0 Å². The zero-order valence-corrected chi connectivity index (χ0v) is 12.1. The molecule has 0 fully saturated rings. The molecule has 0 aliphatic rings. The van der Waals surface area contributed by atoms with Crippen LogP contribution in [-0.2, 0) is 6.42 Å². The van der Waals surface area contributed by atoms with Crippen molar-refractivity contribution in [1.29, 1.82) is 0 Å². The number of rotatable bonds is 7. The van der Waals surface area contributed by atoms with Gasteiger partial charge in [0.25, 0.3) is 0 Å². The van der Waals surface area contributed by atoms with Gasteiger partial charge < -0.3 is 5.32 Å². The molecule has 0 amide bonds. The molecule has 0 radical (unpaired) electrons. The number of hydrogen-bond acceptors (Lipinski definition) is 1. The van der Waals surface area contributed by atoms with Crippen molar-refractivity contribution in [3.63, 3.8) is 0 Å². The fourth-order valence-corrected chi connectivity index (χ4v) is 2.12. The molecule has 0 spiro atoms. The Morgan fingerprint density at radius 2 is 2.06 bits per heavy atom. The number of nitrogens with one attached hydrogen (secondary N) is 1. The minimum Gasteiger partial charge on any atom is -0.317 e. The molecule has 16 heavy (non-hydrogen) atoms. The summed E-state index contributed by atoms with van der Waals surface area (Å²) in [5.41, 5.74) is 1.35. The zero-order valence-electron chi connectivity index (χ0n) is 9.73. The summed E-state index contributed by atoms with van der Waals surface area (Å²) >= 11 is 9.39. The maximum absolute atomic E-state index is 5.94. The fraction of sp³-hybridized carbons (Fsp3) is 0.538. The minimum absolute atomic E-state index is 0.786. The van der Waals surface area contributed by atoms with Crippen molar-refractivity contribution in [3.8, 4) is 0 Å². The highest BCUT2D eigenvalue weighted by molar-refractivity contribution is 9.10. The highest BCUT2D eigenvalue weighted by Crippen LogP contribution is 2.23. The largest absolute Gasteiger partial charge is 0.317 e. The Morgan fingerprint density at radius 1 is 1.25 bits per heavy atom. The molecule has 1 rings (SSSR count). The van der Waals surface area contributed by atoms with Crippen LogP contribution in [0, 0.1) is 0 Å². The van der Waals surface area contributed by atoms with Gasteiger partial charge in [-0.2, -0.15) is 0 Å². The Bertz CT molecular complexity index is 315. The van der Waals surface area contributed by atoms with Crippen LogP contribution in [0.5, 0.6) is 0 Å². The lowest BCUT2D eigenvalue weighted by molar-refractivity contribution is 0.617. The van der Waals surface area contributed by atoms with Crippen LogP contribution in [0.15, 0.2) is 22.7 Å². The van der Waals surface area contributed by atoms with Crippen molar-refractivity contribution in [2.24, 2.45) is 0 Å². The van der Waals surface area contributed by atoms with E-state index < -0.39 is 0 Å². The summed E-state index contributed by atoms with van der Waals surface area (Å²) in [7, 11) is 0. The second kappa shape index (κ2) is 8.10. The number of hydrogen-bond donors (Lipinski definition) is 1. The molecule has 0 bridgehead atoms. The summed E-state index contributed by atoms with van der Waals surface area (Å²) in [4.78, 5) is 0. The van der Waals surface area contributed by atoms with E-state index in [1.165, 1.54) is 24.8 Å². The van der Waals surface area contributed by atoms with Gasteiger partial charge in [0.15, 0.2) is 0 Å². The molecule has 0 saturated heterocycles. The maximum Gasteiger partial charge on any atom is 0.0548 e. The highest BCUT2D eigenvalue weighted by atomic mass is 79.9. The standard InChI is InChI=1S/C13H19BrClN/c1-2-8-16-9-4-3-5-11-6-7-13(15)12(14)10-11/h6-7,10,16H,2-5,8-9H2,1H3. The lowest BCUT2D eigenvalue weighted by atomic mass is 10.1. The van der Waals surface area contributed by atoms with Gasteiger partial charge in [0, 0.05) is 4.47 Å². The van der Waals surface area contributed by atoms with Crippen LogP contribution < -0.4 is 5.32 Å². The lowest BCUT2D eigenvalue weighted by Gasteiger charge is -2.04. The van der Waals surface area contributed by atoms with E-state index >= 15 is 0 Å². The first-order valence-electron chi connectivity index (χ1n) is 5.88. The smallest absolute Gasteiger partial charge is 0.0548 e. The molecule has 0 saturated carbocycles. The summed E-state index contributed by atoms with van der Waals surface area (Å²) < 4.78 is 0.996. The molecule has 0 unspecified atom stereocenters. The predicted octanol–water partition coefficient (Wildman–Crippen LogP) is 4.42. The first kappa shape index (κ1) is 14.0. The van der Waals surface area contributed by atoms with Gasteiger partial charge in [-0.05, 0) is 72.4 Å². The molecule has 0 atom stereocenters. The molecule has 0 aromatic heterocycles. The van der Waals surface area contributed by atoms with Gasteiger partial charge in [-0.25, -0.2) is 0 Å². The summed E-state index contributed by atoms with van der Waals surface area (Å²) in [6, 6.07) is 6.17. The van der Waals surface area contributed by atoms with Gasteiger partial charge in [-0.3, -0.25) is 0 Å². The van der Waals surface area contributed by atoms with Gasteiger partial charge in [0.05, 0.1) is 5.02 Å². The van der Waals surface area contributed by atoms with Crippen LogP contribution >= 0.6 is 27.5 Å². The SMILES string of the molecule is CCCNCCCCc1ccc(Cl)c(Br)c1. The topological polar surface area (TPSA) is 12.0 Å². The van der Waals surface area contributed by atoms with E-state index in [-0.39, 0.29) is 0 Å². The molecule has 0 aliphatic heterocycles. The number of aryl methyl sites for hydroxylation is 1. The number of unbranched alkanes of at least 4 members (excludes halogenated alkanes) is 1. The third-order valence-corrected chi connectivity index (χ3v) is 3.69. The summed E-state index contributed by atoms with van der Waals surface area (Å²) in [6.07, 6.45) is 4.80. The Hall–Kier alpha value is -0.0500. The van der Waals surface area contributed by atoms with Crippen molar-refractivity contribution in [2.75, 3.05) is 13.1 Å². The third kappa shape index (κ3) is 5.33. The minimum atomic E-state index is 0.786. The Balaban J connectivity index is 2.19. The van der Waals surface area contributed by atoms with E-state index in [4.69, 9.17) is 11.6 Å². The van der Waals surface area contributed by atoms with Gasteiger partial charge in [0.2, 0.25) is 0 Å². The first-order chi connectivity index (χ1) is 7.74. The molecule has 3 heteroatoms. The molecule has 1 aromatic rings. The molecule has 0 aliphatic carbocycles. The van der Waals surface area contributed by atoms with E-state index in [0.717, 1.165) is 29.0 Å². The van der Waals surface area contributed by atoms with Gasteiger partial charge >= 0.3 is 0 Å². The Morgan fingerprint density at radius 3 is 2.75 bits per heavy atom. The Kier molecular flexibility index (Phi) is 7.10. The lowest BCUT2D eigenvalue weighted by Crippen LogP contribution is -2.15. The molecule has 1 aromatic carbocycles. The van der Waals surface area contributed by atoms with Crippen molar-refractivity contribution in [1.82, 2.24) is 5.32 Å². The number of halogens is 2. The Labute approximate surface area is 112 Å². The van der Waals surface area contributed by atoms with Crippen LogP contribution in [0.1, 0.15) is 31.7 Å². The molecular formula is C13H19BrClN. The van der Waals surface area contributed by atoms with E-state index in [2.05, 4.69) is 40.3 Å². The van der Waals surface area contributed by atoms with E-state index in [9.17, 15) is 0 Å². The van der Waals surface area contributed by atoms with Crippen molar-refractivity contribution in [3.05, 3.63) is 33.3 Å². The van der Waals surface area contributed by atoms with Crippen LogP contribution in [0.4, 0.5) is 0 Å². The second-order valence-electron chi connectivity index (χ2n) is 3.96. The van der Waals surface area contributed by atoms with Gasteiger partial charge in [-0.1, -0.05) is 24.6 Å². The first-order valence-corrected chi connectivity index (χ1v) is 7.05. The van der Waals surface area contributed by atoms with E-state index in [1.54, 1.807) is 0 Å². The summed E-state index contributed by atoms with van der Waals surface area (Å²) in [5.74, 6) is 0. The van der Waals surface area contributed by atoms with Crippen LogP contribution in [0.25, 0.3) is 0 Å². The normalized spacial score (nSPS) is 10.7. The molecule has 90 valence electrons. The quantitative estimate of drug-likeness (QED) is 0.735. The second-order valence-corrected chi connectivity index (χ2v) is 5.22. The van der Waals surface area contributed by atoms with Crippen LogP contribution in [0.3, 0.4) is 0 Å². The molecule has 1 nitrogen and oxygen atoms in total. The van der Waals surface area contributed by atoms with Gasteiger partial charge in [-0.15, -0.1) is 0 Å². The molecule has 0 heterocycles. The van der Waals surface area contributed by atoms with Crippen molar-refractivity contribution >= 4 is 27.5 Å². The highest BCUT2D eigenvalue weighted by Gasteiger charge is 1.98. The van der Waals surface area contributed by atoms with Crippen LogP contribution in [-0.4, -0.2) is 13.1 Å². The predicted molar refractivity (Wildman–Crippen MR) is 75.3 cm³/mol. The van der Waals surface area contributed by atoms with Gasteiger partial charge in [0.1, 0.15) is 0 Å². The molecular weight excluding hydrogens is 286 g/mol. The zero-order chi connectivity index (χ0) is 11.8. The van der Waals surface area contributed by atoms with Crippen LogP contribution in [0.2, 0.25) is 5.02 Å². The summed E-state index contributed by atoms with van der Waals surface area (Å²) in [5, 5.41) is 4.20.